The SMILES string of the molecule is O=C(O)CCCc1cc[c]([Tl]([O]C(=O)C(F)(F)F)[O]C(=O)C(F)(F)F)cc1. The Kier molecular flexibility index (Phi) is 8.04. The summed E-state index contributed by atoms with van der Waals surface area (Å²) in [6.45, 7) is 0. The van der Waals surface area contributed by atoms with Gasteiger partial charge in [0, 0.05) is 0 Å². The molecule has 0 radical (unpaired) electrons. The van der Waals surface area contributed by atoms with Crippen molar-refractivity contribution < 1.29 is 51.2 Å². The molecule has 0 heterocycles. The van der Waals surface area contributed by atoms with Gasteiger partial charge in [0.2, 0.25) is 0 Å². The molecule has 0 aliphatic heterocycles. The van der Waals surface area contributed by atoms with Crippen molar-refractivity contribution in [2.45, 2.75) is 31.6 Å². The molecule has 1 rings (SSSR count). The molecule has 1 aromatic carbocycles. The van der Waals surface area contributed by atoms with E-state index in [1.54, 1.807) is 0 Å². The summed E-state index contributed by atoms with van der Waals surface area (Å²) in [7, 11) is 0. The number of hydrogen-bond acceptors (Lipinski definition) is 5. The van der Waals surface area contributed by atoms with E-state index < -0.39 is 53.9 Å². The third kappa shape index (κ3) is 8.13. The molecule has 0 aliphatic rings. The van der Waals surface area contributed by atoms with Gasteiger partial charge in [0.1, 0.15) is 0 Å². The van der Waals surface area contributed by atoms with Crippen LogP contribution < -0.4 is 3.12 Å². The molecule has 27 heavy (non-hydrogen) atoms. The molecule has 0 saturated heterocycles. The normalized spacial score (nSPS) is 11.6. The molecule has 0 aliphatic carbocycles. The molecule has 0 unspecified atom stereocenters. The van der Waals surface area contributed by atoms with Gasteiger partial charge < -0.3 is 0 Å². The summed E-state index contributed by atoms with van der Waals surface area (Å²) in [6, 6.07) is 4.81. The maximum absolute atomic E-state index is 12.3. The molecule has 0 fully saturated rings. The van der Waals surface area contributed by atoms with Crippen LogP contribution in [0.25, 0.3) is 0 Å². The summed E-state index contributed by atoms with van der Waals surface area (Å²) in [6.07, 6.45) is -10.5. The van der Waals surface area contributed by atoms with Gasteiger partial charge in [-0.3, -0.25) is 0 Å². The fraction of sp³-hybridized carbons (Fsp3) is 0.357. The van der Waals surface area contributed by atoms with Crippen LogP contribution in [0.3, 0.4) is 0 Å². The summed E-state index contributed by atoms with van der Waals surface area (Å²) in [4.78, 5) is 32.3. The number of benzene rings is 1. The number of carbonyl (C=O) groups is 3. The molecule has 0 aromatic heterocycles. The molecule has 0 spiro atoms. The first-order valence-electron chi connectivity index (χ1n) is 7.17. The summed E-state index contributed by atoms with van der Waals surface area (Å²) >= 11 is -5.19. The Morgan fingerprint density at radius 3 is 1.70 bits per heavy atom. The van der Waals surface area contributed by atoms with Gasteiger partial charge >= 0.3 is 157 Å². The number of aliphatic carboxylic acids is 1. The molecular weight excluding hydrogens is 583 g/mol. The predicted molar refractivity (Wildman–Crippen MR) is 76.7 cm³/mol. The van der Waals surface area contributed by atoms with E-state index >= 15 is 0 Å². The molecule has 148 valence electrons. The number of halogens is 6. The first-order chi connectivity index (χ1) is 12.3. The van der Waals surface area contributed by atoms with Gasteiger partial charge in [0.05, 0.1) is 0 Å². The Bertz CT molecular complexity index is 657. The standard InChI is InChI=1S/C10H11O2.2C2HF3O2.Tl/c11-10(12)8-4-7-9-5-2-1-3-6-9;2*3-2(4,5)1(6)7;/h2-3,5-6H,4,7-8H2,(H,11,12);2*(H,6,7);/q;;;+2/p-2. The van der Waals surface area contributed by atoms with Crippen LogP contribution >= 0.6 is 0 Å². The minimum absolute atomic E-state index is 0.128. The number of alkyl halides is 6. The summed E-state index contributed by atoms with van der Waals surface area (Å²) < 4.78 is 81.8. The zero-order valence-corrected chi connectivity index (χ0v) is 17.8. The molecule has 1 aromatic rings. The van der Waals surface area contributed by atoms with Gasteiger partial charge in [0.15, 0.2) is 0 Å². The minimum atomic E-state index is -5.46. The first kappa shape index (κ1) is 23.2. The van der Waals surface area contributed by atoms with E-state index in [-0.39, 0.29) is 16.0 Å². The van der Waals surface area contributed by atoms with Gasteiger partial charge in [-0.2, -0.15) is 0 Å². The van der Waals surface area contributed by atoms with Crippen LogP contribution in [0.5, 0.6) is 0 Å². The van der Waals surface area contributed by atoms with E-state index in [9.17, 15) is 40.7 Å². The van der Waals surface area contributed by atoms with Gasteiger partial charge in [-0.15, -0.1) is 0 Å². The third-order valence-electron chi connectivity index (χ3n) is 3.00. The van der Waals surface area contributed by atoms with Crippen molar-refractivity contribution in [1.82, 2.24) is 0 Å². The Hall–Kier alpha value is -1.87. The maximum atomic E-state index is 12.3. The van der Waals surface area contributed by atoms with Crippen molar-refractivity contribution in [1.29, 1.82) is 0 Å². The molecular formula is C14H11F6O6Tl. The Morgan fingerprint density at radius 2 is 1.33 bits per heavy atom. The Morgan fingerprint density at radius 1 is 0.889 bits per heavy atom. The van der Waals surface area contributed by atoms with Crippen LogP contribution in [0, 0.1) is 0 Å². The summed E-state index contributed by atoms with van der Waals surface area (Å²) in [5, 5.41) is 8.54. The molecule has 0 bridgehead atoms. The fourth-order valence-electron chi connectivity index (χ4n) is 1.77. The summed E-state index contributed by atoms with van der Waals surface area (Å²) in [5.74, 6) is -6.51. The zero-order chi connectivity index (χ0) is 20.8. The van der Waals surface area contributed by atoms with Crippen LogP contribution in [0.4, 0.5) is 26.3 Å². The molecule has 0 saturated carbocycles. The van der Waals surface area contributed by atoms with Crippen molar-refractivity contribution >= 4 is 44.6 Å². The monoisotopic (exact) mass is 594 g/mol. The van der Waals surface area contributed by atoms with Crippen molar-refractivity contribution in [3.8, 4) is 0 Å². The van der Waals surface area contributed by atoms with Gasteiger partial charge in [0.25, 0.3) is 0 Å². The topological polar surface area (TPSA) is 89.9 Å². The van der Waals surface area contributed by atoms with E-state index in [1.807, 2.05) is 0 Å². The van der Waals surface area contributed by atoms with Gasteiger partial charge in [-0.05, 0) is 0 Å². The van der Waals surface area contributed by atoms with E-state index in [2.05, 4.69) is 5.37 Å². The van der Waals surface area contributed by atoms with Crippen LogP contribution in [0.1, 0.15) is 18.4 Å². The zero-order valence-electron chi connectivity index (χ0n) is 13.3. The Labute approximate surface area is 157 Å². The fourth-order valence-corrected chi connectivity index (χ4v) is 7.54. The Balaban J connectivity index is 2.95. The number of hydrogen-bond donors (Lipinski definition) is 1. The average molecular weight is 594 g/mol. The van der Waals surface area contributed by atoms with Crippen molar-refractivity contribution in [2.75, 3.05) is 0 Å². The van der Waals surface area contributed by atoms with Crippen LogP contribution in [0.2, 0.25) is 0 Å². The summed E-state index contributed by atoms with van der Waals surface area (Å²) in [5.41, 5.74) is 0.552. The number of carboxylic acids is 1. The van der Waals surface area contributed by atoms with E-state index in [0.717, 1.165) is 12.1 Å². The van der Waals surface area contributed by atoms with Crippen LogP contribution in [-0.2, 0) is 26.2 Å². The van der Waals surface area contributed by atoms with E-state index in [1.165, 1.54) is 12.1 Å². The second kappa shape index (κ2) is 9.37. The van der Waals surface area contributed by atoms with Crippen molar-refractivity contribution in [3.63, 3.8) is 0 Å². The average Bonchev–Trinajstić information content (AvgIpc) is 2.52. The second-order valence-electron chi connectivity index (χ2n) is 5.13. The predicted octanol–water partition coefficient (Wildman–Crippen LogP) is 2.00. The van der Waals surface area contributed by atoms with Crippen LogP contribution in [0.15, 0.2) is 24.3 Å². The quantitative estimate of drug-likeness (QED) is 0.385. The van der Waals surface area contributed by atoms with Gasteiger partial charge in [-0.25, -0.2) is 0 Å². The molecule has 13 heteroatoms. The number of aryl methyl sites for hydroxylation is 1. The number of rotatable bonds is 7. The molecule has 1 N–H and O–H groups in total. The molecule has 0 atom stereocenters. The van der Waals surface area contributed by atoms with Crippen molar-refractivity contribution in [2.24, 2.45) is 0 Å². The first-order valence-corrected chi connectivity index (χ1v) is 13.1. The van der Waals surface area contributed by atoms with E-state index in [0.29, 0.717) is 12.0 Å². The second-order valence-corrected chi connectivity index (χ2v) is 12.1. The van der Waals surface area contributed by atoms with Crippen LogP contribution in [-0.4, -0.2) is 59.0 Å². The third-order valence-corrected chi connectivity index (χ3v) is 9.94. The molecule has 0 amide bonds. The number of carbonyl (C=O) groups excluding carboxylic acids is 2. The van der Waals surface area contributed by atoms with Gasteiger partial charge in [-0.1, -0.05) is 0 Å². The number of carboxylic acid groups (broad SMARTS) is 1. The molecule has 6 nitrogen and oxygen atoms in total. The van der Waals surface area contributed by atoms with Crippen molar-refractivity contribution in [3.05, 3.63) is 29.8 Å². The van der Waals surface area contributed by atoms with E-state index in [4.69, 9.17) is 5.11 Å².